The van der Waals surface area contributed by atoms with E-state index in [-0.39, 0.29) is 29.2 Å². The molecule has 1 aromatic carbocycles. The number of alkyl halides is 3. The lowest BCUT2D eigenvalue weighted by molar-refractivity contribution is -0.139. The van der Waals surface area contributed by atoms with E-state index < -0.39 is 23.7 Å². The highest BCUT2D eigenvalue weighted by atomic mass is 19.4. The lowest BCUT2D eigenvalue weighted by Gasteiger charge is -2.39. The van der Waals surface area contributed by atoms with Crippen LogP contribution < -0.4 is 9.80 Å². The zero-order valence-electron chi connectivity index (χ0n) is 18.7. The number of nitrogens with zero attached hydrogens (tertiary/aromatic N) is 2. The van der Waals surface area contributed by atoms with Crippen LogP contribution in [0.25, 0.3) is 0 Å². The fraction of sp³-hybridized carbons (Fsp3) is 0.391. The van der Waals surface area contributed by atoms with Crippen LogP contribution in [0.3, 0.4) is 0 Å². The van der Waals surface area contributed by atoms with E-state index in [1.165, 1.54) is 35.4 Å². The number of hydrogen-bond acceptors (Lipinski definition) is 7. The summed E-state index contributed by atoms with van der Waals surface area (Å²) in [6.07, 6.45) is 0.811. The quantitative estimate of drug-likeness (QED) is 0.625. The molecule has 0 amide bonds. The summed E-state index contributed by atoms with van der Waals surface area (Å²) in [5, 5.41) is 0. The normalized spacial score (nSPS) is 21.2. The van der Waals surface area contributed by atoms with Crippen LogP contribution in [-0.4, -0.2) is 51.5 Å². The zero-order valence-corrected chi connectivity index (χ0v) is 18.7. The molecular formula is C23H25F3N2O5. The number of halogens is 3. The van der Waals surface area contributed by atoms with Crippen molar-refractivity contribution in [2.24, 2.45) is 0 Å². The molecule has 33 heavy (non-hydrogen) atoms. The lowest BCUT2D eigenvalue weighted by Crippen LogP contribution is -2.46. The summed E-state index contributed by atoms with van der Waals surface area (Å²) in [7, 11) is 2.27. The highest BCUT2D eigenvalue weighted by Crippen LogP contribution is 2.40. The fourth-order valence-electron chi connectivity index (χ4n) is 3.89. The number of esters is 2. The molecule has 0 N–H and O–H groups in total. The molecule has 0 radical (unpaired) electrons. The van der Waals surface area contributed by atoms with Gasteiger partial charge in [-0.25, -0.2) is 9.59 Å². The summed E-state index contributed by atoms with van der Waals surface area (Å²) in [6.45, 7) is 4.61. The average molecular weight is 466 g/mol. The van der Waals surface area contributed by atoms with Crippen LogP contribution in [0.4, 0.5) is 24.5 Å². The van der Waals surface area contributed by atoms with E-state index >= 15 is 0 Å². The molecular weight excluding hydrogens is 441 g/mol. The van der Waals surface area contributed by atoms with E-state index in [1.54, 1.807) is 0 Å². The minimum atomic E-state index is -4.62. The van der Waals surface area contributed by atoms with Crippen LogP contribution >= 0.6 is 0 Å². The number of methoxy groups -OCH3 is 2. The molecule has 0 saturated carbocycles. The van der Waals surface area contributed by atoms with Gasteiger partial charge in [0.05, 0.1) is 48.9 Å². The monoisotopic (exact) mass is 466 g/mol. The molecule has 2 aliphatic rings. The maximum absolute atomic E-state index is 13.6. The molecule has 2 unspecified atom stereocenters. The Morgan fingerprint density at radius 2 is 1.64 bits per heavy atom. The molecule has 2 heterocycles. The van der Waals surface area contributed by atoms with Gasteiger partial charge in [0.2, 0.25) is 0 Å². The number of morpholine rings is 1. The molecule has 2 aliphatic heterocycles. The summed E-state index contributed by atoms with van der Waals surface area (Å²) in [5.41, 5.74) is -0.800. The third-order valence-electron chi connectivity index (χ3n) is 5.21. The van der Waals surface area contributed by atoms with Crippen LogP contribution in [0.2, 0.25) is 0 Å². The molecule has 7 nitrogen and oxygen atoms in total. The predicted octanol–water partition coefficient (Wildman–Crippen LogP) is 3.81. The smallest absolute Gasteiger partial charge is 0.416 e. The van der Waals surface area contributed by atoms with Crippen molar-refractivity contribution in [3.63, 3.8) is 0 Å². The Hall–Kier alpha value is -3.27. The standard InChI is InChI=1S/C23H25F3N2O5/c1-14-12-27(13-15(2)33-14)18-9-8-16(23(24,25)26)11-19(18)28-10-6-5-7-17(21(29)31-3)20(28)22(30)32-4/h5-11,14-15H,12-13H2,1-4H3. The highest BCUT2D eigenvalue weighted by Gasteiger charge is 2.35. The second kappa shape index (κ2) is 9.70. The van der Waals surface area contributed by atoms with Crippen molar-refractivity contribution >= 4 is 23.3 Å². The van der Waals surface area contributed by atoms with Crippen LogP contribution in [0.15, 0.2) is 53.9 Å². The Kier molecular flexibility index (Phi) is 7.16. The number of rotatable bonds is 4. The number of allylic oxidation sites excluding steroid dienone is 2. The minimum Gasteiger partial charge on any atom is -0.465 e. The van der Waals surface area contributed by atoms with E-state index in [0.29, 0.717) is 18.8 Å². The van der Waals surface area contributed by atoms with Gasteiger partial charge in [0, 0.05) is 19.3 Å². The van der Waals surface area contributed by atoms with Crippen molar-refractivity contribution in [3.05, 3.63) is 59.5 Å². The number of carbonyl (C=O) groups is 2. The Bertz CT molecular complexity index is 1010. The number of hydrogen-bond donors (Lipinski definition) is 0. The van der Waals surface area contributed by atoms with Crippen molar-refractivity contribution in [2.75, 3.05) is 37.1 Å². The summed E-state index contributed by atoms with van der Waals surface area (Å²) < 4.78 is 56.3. The van der Waals surface area contributed by atoms with Crippen LogP contribution in [0, 0.1) is 0 Å². The van der Waals surface area contributed by atoms with Gasteiger partial charge in [-0.2, -0.15) is 13.2 Å². The zero-order chi connectivity index (χ0) is 24.3. The summed E-state index contributed by atoms with van der Waals surface area (Å²) in [6, 6.07) is 3.31. The first-order chi connectivity index (χ1) is 15.6. The van der Waals surface area contributed by atoms with Gasteiger partial charge in [-0.15, -0.1) is 0 Å². The Morgan fingerprint density at radius 3 is 2.21 bits per heavy atom. The largest absolute Gasteiger partial charge is 0.465 e. The molecule has 1 saturated heterocycles. The first-order valence-corrected chi connectivity index (χ1v) is 10.2. The second-order valence-corrected chi connectivity index (χ2v) is 7.68. The number of benzene rings is 1. The first-order valence-electron chi connectivity index (χ1n) is 10.2. The number of ether oxygens (including phenoxy) is 3. The van der Waals surface area contributed by atoms with Gasteiger partial charge in [-0.05, 0) is 44.2 Å². The van der Waals surface area contributed by atoms with Gasteiger partial charge in [-0.3, -0.25) is 0 Å². The van der Waals surface area contributed by atoms with E-state index in [4.69, 9.17) is 14.2 Å². The molecule has 10 heteroatoms. The molecule has 1 aromatic rings. The molecule has 2 atom stereocenters. The molecule has 0 aromatic heterocycles. The fourth-order valence-corrected chi connectivity index (χ4v) is 3.89. The SMILES string of the molecule is COC(=O)C1=C(C(=O)OC)N(c2cc(C(F)(F)F)ccc2N2CC(C)OC(C)C2)C=CC=C1. The Balaban J connectivity index is 2.26. The van der Waals surface area contributed by atoms with Crippen molar-refractivity contribution in [2.45, 2.75) is 32.2 Å². The first kappa shape index (κ1) is 24.4. The topological polar surface area (TPSA) is 68.3 Å². The number of carbonyl (C=O) groups excluding carboxylic acids is 2. The summed E-state index contributed by atoms with van der Waals surface area (Å²) in [4.78, 5) is 28.3. The van der Waals surface area contributed by atoms with Gasteiger partial charge in [-0.1, -0.05) is 6.08 Å². The van der Waals surface area contributed by atoms with Crippen LogP contribution in [0.5, 0.6) is 0 Å². The van der Waals surface area contributed by atoms with Gasteiger partial charge in [0.25, 0.3) is 0 Å². The van der Waals surface area contributed by atoms with E-state index in [1.807, 2.05) is 18.7 Å². The van der Waals surface area contributed by atoms with Gasteiger partial charge >= 0.3 is 18.1 Å². The van der Waals surface area contributed by atoms with Crippen molar-refractivity contribution < 1.29 is 37.0 Å². The van der Waals surface area contributed by atoms with Gasteiger partial charge in [0.1, 0.15) is 5.70 Å². The molecule has 3 rings (SSSR count). The van der Waals surface area contributed by atoms with E-state index in [0.717, 1.165) is 26.4 Å². The minimum absolute atomic E-state index is 0.0629. The van der Waals surface area contributed by atoms with Crippen molar-refractivity contribution in [3.8, 4) is 0 Å². The van der Waals surface area contributed by atoms with Crippen LogP contribution in [-0.2, 0) is 30.0 Å². The summed E-state index contributed by atoms with van der Waals surface area (Å²) in [5.74, 6) is -1.74. The Labute approximate surface area is 189 Å². The van der Waals surface area contributed by atoms with Crippen molar-refractivity contribution in [1.82, 2.24) is 0 Å². The van der Waals surface area contributed by atoms with E-state index in [9.17, 15) is 22.8 Å². The third-order valence-corrected chi connectivity index (χ3v) is 5.21. The van der Waals surface area contributed by atoms with Gasteiger partial charge in [0.15, 0.2) is 0 Å². The highest BCUT2D eigenvalue weighted by molar-refractivity contribution is 6.06. The molecule has 178 valence electrons. The molecule has 0 spiro atoms. The molecule has 0 aliphatic carbocycles. The average Bonchev–Trinajstić information content (AvgIpc) is 2.99. The second-order valence-electron chi connectivity index (χ2n) is 7.68. The Morgan fingerprint density at radius 1 is 1.00 bits per heavy atom. The number of anilines is 2. The van der Waals surface area contributed by atoms with E-state index in [2.05, 4.69) is 0 Å². The van der Waals surface area contributed by atoms with Crippen LogP contribution in [0.1, 0.15) is 19.4 Å². The maximum atomic E-state index is 13.6. The lowest BCUT2D eigenvalue weighted by atomic mass is 10.1. The third kappa shape index (κ3) is 5.22. The molecule has 1 fully saturated rings. The maximum Gasteiger partial charge on any atom is 0.416 e. The van der Waals surface area contributed by atoms with Gasteiger partial charge < -0.3 is 24.0 Å². The van der Waals surface area contributed by atoms with Crippen molar-refractivity contribution in [1.29, 1.82) is 0 Å². The summed E-state index contributed by atoms with van der Waals surface area (Å²) >= 11 is 0. The molecule has 0 bridgehead atoms. The predicted molar refractivity (Wildman–Crippen MR) is 115 cm³/mol.